The predicted octanol–water partition coefficient (Wildman–Crippen LogP) is 3.37. The highest BCUT2D eigenvalue weighted by molar-refractivity contribution is 4.99. The van der Waals surface area contributed by atoms with Gasteiger partial charge in [-0.1, -0.05) is 6.08 Å². The van der Waals surface area contributed by atoms with Crippen LogP contribution in [0.5, 0.6) is 0 Å². The van der Waals surface area contributed by atoms with E-state index in [0.717, 1.165) is 0 Å². The van der Waals surface area contributed by atoms with Gasteiger partial charge >= 0.3 is 6.18 Å². The minimum absolute atomic E-state index is 0.0366. The Balaban J connectivity index is 3.90. The number of rotatable bonds is 3. The van der Waals surface area contributed by atoms with E-state index in [1.807, 2.05) is 0 Å². The molecule has 0 fully saturated rings. The van der Waals surface area contributed by atoms with Crippen molar-refractivity contribution in [3.05, 3.63) is 24.6 Å². The lowest BCUT2D eigenvalue weighted by Gasteiger charge is -2.00. The number of allylic oxidation sites excluding steroid dienone is 3. The molecule has 0 aromatic rings. The van der Waals surface area contributed by atoms with Gasteiger partial charge in [0.15, 0.2) is 5.83 Å². The van der Waals surface area contributed by atoms with Crippen molar-refractivity contribution in [2.45, 2.75) is 19.0 Å². The van der Waals surface area contributed by atoms with Crippen molar-refractivity contribution in [1.82, 2.24) is 0 Å². The first-order valence-electron chi connectivity index (χ1n) is 3.02. The first-order chi connectivity index (χ1) is 4.98. The van der Waals surface area contributed by atoms with Crippen LogP contribution >= 0.6 is 0 Å². The van der Waals surface area contributed by atoms with E-state index in [0.29, 0.717) is 12.5 Å². The van der Waals surface area contributed by atoms with Gasteiger partial charge in [0.1, 0.15) is 0 Å². The summed E-state index contributed by atoms with van der Waals surface area (Å²) in [7, 11) is 0. The molecule has 0 aromatic heterocycles. The molecule has 0 nitrogen and oxygen atoms in total. The van der Waals surface area contributed by atoms with Crippen LogP contribution in [-0.2, 0) is 0 Å². The SMILES string of the molecule is C=CCCC=C(F)C(F)(F)F. The van der Waals surface area contributed by atoms with Crippen LogP contribution in [0.15, 0.2) is 24.6 Å². The lowest BCUT2D eigenvalue weighted by atomic mass is 10.3. The summed E-state index contributed by atoms with van der Waals surface area (Å²) in [5.41, 5.74) is 0. The van der Waals surface area contributed by atoms with E-state index in [4.69, 9.17) is 0 Å². The molecule has 0 aliphatic heterocycles. The molecule has 0 heterocycles. The summed E-state index contributed by atoms with van der Waals surface area (Å²) in [6.07, 6.45) is -2.50. The molecule has 0 rings (SSSR count). The first-order valence-corrected chi connectivity index (χ1v) is 3.02. The average molecular weight is 168 g/mol. The minimum atomic E-state index is -4.83. The standard InChI is InChI=1S/C7H8F4/c1-2-3-4-5-6(8)7(9,10)11/h2,5H,1,3-4H2. The molecule has 0 bridgehead atoms. The molecule has 0 N–H and O–H groups in total. The molecule has 0 saturated heterocycles. The van der Waals surface area contributed by atoms with E-state index >= 15 is 0 Å². The van der Waals surface area contributed by atoms with Gasteiger partial charge in [0.25, 0.3) is 0 Å². The summed E-state index contributed by atoms with van der Waals surface area (Å²) in [6.45, 7) is 3.29. The van der Waals surface area contributed by atoms with E-state index < -0.39 is 12.0 Å². The number of unbranched alkanes of at least 4 members (excludes halogenated alkanes) is 1. The third-order valence-corrected chi connectivity index (χ3v) is 0.965. The van der Waals surface area contributed by atoms with Crippen molar-refractivity contribution in [2.75, 3.05) is 0 Å². The molecule has 0 unspecified atom stereocenters. The molecule has 0 aromatic carbocycles. The van der Waals surface area contributed by atoms with Crippen LogP contribution in [0.3, 0.4) is 0 Å². The fourth-order valence-corrected chi connectivity index (χ4v) is 0.444. The highest BCUT2D eigenvalue weighted by atomic mass is 19.4. The van der Waals surface area contributed by atoms with Crippen molar-refractivity contribution in [3.63, 3.8) is 0 Å². The van der Waals surface area contributed by atoms with Crippen molar-refractivity contribution in [2.24, 2.45) is 0 Å². The van der Waals surface area contributed by atoms with Gasteiger partial charge in [-0.15, -0.1) is 6.58 Å². The van der Waals surface area contributed by atoms with Crippen molar-refractivity contribution >= 4 is 0 Å². The van der Waals surface area contributed by atoms with Gasteiger partial charge < -0.3 is 0 Å². The number of halogens is 4. The van der Waals surface area contributed by atoms with Crippen LogP contribution in [0.4, 0.5) is 17.6 Å². The molecule has 4 heteroatoms. The Hall–Kier alpha value is -0.800. The van der Waals surface area contributed by atoms with Crippen LogP contribution in [0, 0.1) is 0 Å². The topological polar surface area (TPSA) is 0 Å². The molecule has 0 spiro atoms. The van der Waals surface area contributed by atoms with Crippen LogP contribution in [0.2, 0.25) is 0 Å². The van der Waals surface area contributed by atoms with Crippen LogP contribution < -0.4 is 0 Å². The van der Waals surface area contributed by atoms with Crippen LogP contribution in [0.1, 0.15) is 12.8 Å². The van der Waals surface area contributed by atoms with E-state index in [9.17, 15) is 17.6 Å². The molecule has 0 aliphatic carbocycles. The van der Waals surface area contributed by atoms with Crippen molar-refractivity contribution in [1.29, 1.82) is 0 Å². The maximum absolute atomic E-state index is 11.9. The summed E-state index contributed by atoms with van der Waals surface area (Å²) in [5.74, 6) is -2.03. The average Bonchev–Trinajstić information content (AvgIpc) is 1.86. The van der Waals surface area contributed by atoms with Gasteiger partial charge in [0, 0.05) is 0 Å². The second kappa shape index (κ2) is 4.16. The zero-order valence-electron chi connectivity index (χ0n) is 5.79. The van der Waals surface area contributed by atoms with Crippen LogP contribution in [0.25, 0.3) is 0 Å². The molecular formula is C7H8F4. The highest BCUT2D eigenvalue weighted by Crippen LogP contribution is 2.26. The second-order valence-electron chi connectivity index (χ2n) is 1.92. The third kappa shape index (κ3) is 4.58. The van der Waals surface area contributed by atoms with E-state index in [-0.39, 0.29) is 6.42 Å². The lowest BCUT2D eigenvalue weighted by molar-refractivity contribution is -0.109. The fraction of sp³-hybridized carbons (Fsp3) is 0.429. The van der Waals surface area contributed by atoms with Crippen LogP contribution in [-0.4, -0.2) is 6.18 Å². The second-order valence-corrected chi connectivity index (χ2v) is 1.92. The quantitative estimate of drug-likeness (QED) is 0.344. The molecule has 0 radical (unpaired) electrons. The highest BCUT2D eigenvalue weighted by Gasteiger charge is 2.33. The minimum Gasteiger partial charge on any atom is -0.202 e. The molecule has 0 saturated carbocycles. The van der Waals surface area contributed by atoms with Gasteiger partial charge in [0.05, 0.1) is 0 Å². The maximum Gasteiger partial charge on any atom is 0.442 e. The van der Waals surface area contributed by atoms with Crippen molar-refractivity contribution in [3.8, 4) is 0 Å². The summed E-state index contributed by atoms with van der Waals surface area (Å²) < 4.78 is 46.2. The Bertz CT molecular complexity index is 154. The summed E-state index contributed by atoms with van der Waals surface area (Å²) in [5, 5.41) is 0. The molecule has 0 amide bonds. The zero-order chi connectivity index (χ0) is 8.91. The lowest BCUT2D eigenvalue weighted by Crippen LogP contribution is -2.07. The maximum atomic E-state index is 11.9. The fourth-order valence-electron chi connectivity index (χ4n) is 0.444. The summed E-state index contributed by atoms with van der Waals surface area (Å²) >= 11 is 0. The monoisotopic (exact) mass is 168 g/mol. The predicted molar refractivity (Wildman–Crippen MR) is 34.7 cm³/mol. The zero-order valence-corrected chi connectivity index (χ0v) is 5.79. The Labute approximate surface area is 62.2 Å². The normalized spacial score (nSPS) is 13.3. The van der Waals surface area contributed by atoms with Crippen molar-refractivity contribution < 1.29 is 17.6 Å². The third-order valence-electron chi connectivity index (χ3n) is 0.965. The first kappa shape index (κ1) is 10.2. The van der Waals surface area contributed by atoms with E-state index in [1.165, 1.54) is 6.08 Å². The summed E-state index contributed by atoms with van der Waals surface area (Å²) in [6, 6.07) is 0. The van der Waals surface area contributed by atoms with Gasteiger partial charge in [-0.2, -0.15) is 13.2 Å². The van der Waals surface area contributed by atoms with Gasteiger partial charge in [-0.3, -0.25) is 0 Å². The van der Waals surface area contributed by atoms with Gasteiger partial charge in [-0.05, 0) is 18.9 Å². The Kier molecular flexibility index (Phi) is 3.85. The molecule has 0 aliphatic rings. The van der Waals surface area contributed by atoms with E-state index in [1.54, 1.807) is 0 Å². The summed E-state index contributed by atoms with van der Waals surface area (Å²) in [4.78, 5) is 0. The molecule has 11 heavy (non-hydrogen) atoms. The Morgan fingerprint density at radius 3 is 2.18 bits per heavy atom. The van der Waals surface area contributed by atoms with E-state index in [2.05, 4.69) is 6.58 Å². The molecule has 0 atom stereocenters. The largest absolute Gasteiger partial charge is 0.442 e. The van der Waals surface area contributed by atoms with Gasteiger partial charge in [-0.25, -0.2) is 4.39 Å². The number of hydrogen-bond donors (Lipinski definition) is 0. The Morgan fingerprint density at radius 2 is 1.82 bits per heavy atom. The number of alkyl halides is 3. The smallest absolute Gasteiger partial charge is 0.202 e. The van der Waals surface area contributed by atoms with Gasteiger partial charge in [0.2, 0.25) is 0 Å². The molecule has 64 valence electrons. The number of hydrogen-bond acceptors (Lipinski definition) is 0. The Morgan fingerprint density at radius 1 is 1.27 bits per heavy atom. The molecular weight excluding hydrogens is 160 g/mol.